The molecule has 0 spiro atoms. The largest absolute Gasteiger partial charge is 0.484 e. The average Bonchev–Trinajstić information content (AvgIpc) is 2.58. The zero-order chi connectivity index (χ0) is 17.5. The van der Waals surface area contributed by atoms with E-state index in [1.54, 1.807) is 49.4 Å². The van der Waals surface area contributed by atoms with Crippen molar-refractivity contribution in [3.63, 3.8) is 0 Å². The molecule has 6 heteroatoms. The molecule has 0 aliphatic heterocycles. The highest BCUT2D eigenvalue weighted by Crippen LogP contribution is 2.22. The normalized spacial score (nSPS) is 10.1. The number of esters is 1. The predicted molar refractivity (Wildman–Crippen MR) is 92.7 cm³/mol. The summed E-state index contributed by atoms with van der Waals surface area (Å²) in [6.07, 6.45) is 0. The van der Waals surface area contributed by atoms with Crippen molar-refractivity contribution < 1.29 is 19.1 Å². The van der Waals surface area contributed by atoms with Crippen molar-refractivity contribution >= 4 is 29.2 Å². The van der Waals surface area contributed by atoms with Crippen LogP contribution in [0.1, 0.15) is 22.8 Å². The van der Waals surface area contributed by atoms with Crippen LogP contribution in [-0.2, 0) is 9.53 Å². The average molecular weight is 348 g/mol. The minimum atomic E-state index is -0.391. The molecule has 1 amide bonds. The first-order valence-corrected chi connectivity index (χ1v) is 7.84. The lowest BCUT2D eigenvalue weighted by Gasteiger charge is -2.10. The van der Waals surface area contributed by atoms with Crippen molar-refractivity contribution in [1.82, 2.24) is 0 Å². The smallest absolute Gasteiger partial charge is 0.338 e. The molecule has 2 aromatic rings. The molecule has 5 nitrogen and oxygen atoms in total. The molecule has 0 saturated carbocycles. The maximum atomic E-state index is 12.0. The number of carbonyl (C=O) groups excluding carboxylic acids is 2. The van der Waals surface area contributed by atoms with E-state index in [1.807, 2.05) is 6.92 Å². The summed E-state index contributed by atoms with van der Waals surface area (Å²) in [6, 6.07) is 11.7. The van der Waals surface area contributed by atoms with E-state index in [0.29, 0.717) is 28.6 Å². The third kappa shape index (κ3) is 4.73. The Kier molecular flexibility index (Phi) is 6.21. The third-order valence-corrected chi connectivity index (χ3v) is 3.69. The number of anilines is 1. The molecule has 0 aromatic heterocycles. The number of benzene rings is 2. The summed E-state index contributed by atoms with van der Waals surface area (Å²) in [6.45, 7) is 3.74. The van der Waals surface area contributed by atoms with Crippen LogP contribution in [0, 0.1) is 6.92 Å². The van der Waals surface area contributed by atoms with E-state index in [-0.39, 0.29) is 12.5 Å². The molecule has 0 aliphatic rings. The quantitative estimate of drug-likeness (QED) is 0.806. The zero-order valence-electron chi connectivity index (χ0n) is 13.5. The van der Waals surface area contributed by atoms with E-state index < -0.39 is 5.97 Å². The number of halogens is 1. The number of nitrogens with one attached hydrogen (secondary N) is 1. The lowest BCUT2D eigenvalue weighted by Crippen LogP contribution is -2.20. The molecule has 0 radical (unpaired) electrons. The fraction of sp³-hybridized carbons (Fsp3) is 0.222. The lowest BCUT2D eigenvalue weighted by molar-refractivity contribution is -0.118. The van der Waals surface area contributed by atoms with Crippen molar-refractivity contribution in [2.75, 3.05) is 18.5 Å². The predicted octanol–water partition coefficient (Wildman–Crippen LogP) is 3.84. The van der Waals surface area contributed by atoms with E-state index in [0.717, 1.165) is 5.56 Å². The summed E-state index contributed by atoms with van der Waals surface area (Å²) in [4.78, 5) is 23.5. The van der Waals surface area contributed by atoms with Crippen LogP contribution >= 0.6 is 11.6 Å². The summed E-state index contributed by atoms with van der Waals surface area (Å²) >= 11 is 6.01. The summed E-state index contributed by atoms with van der Waals surface area (Å²) in [5.41, 5.74) is 1.88. The zero-order valence-corrected chi connectivity index (χ0v) is 14.2. The van der Waals surface area contributed by atoms with Crippen LogP contribution in [-0.4, -0.2) is 25.1 Å². The van der Waals surface area contributed by atoms with E-state index in [1.165, 1.54) is 0 Å². The van der Waals surface area contributed by atoms with Crippen molar-refractivity contribution in [2.45, 2.75) is 13.8 Å². The molecule has 2 rings (SSSR count). The minimum Gasteiger partial charge on any atom is -0.484 e. The fourth-order valence-electron chi connectivity index (χ4n) is 1.98. The number of rotatable bonds is 6. The molecule has 1 N–H and O–H groups in total. The van der Waals surface area contributed by atoms with Crippen molar-refractivity contribution in [1.29, 1.82) is 0 Å². The lowest BCUT2D eigenvalue weighted by atomic mass is 10.2. The van der Waals surface area contributed by atoms with Crippen molar-refractivity contribution in [3.05, 3.63) is 58.6 Å². The van der Waals surface area contributed by atoms with Gasteiger partial charge in [-0.25, -0.2) is 4.79 Å². The topological polar surface area (TPSA) is 64.6 Å². The van der Waals surface area contributed by atoms with Crippen LogP contribution in [0.3, 0.4) is 0 Å². The van der Waals surface area contributed by atoms with E-state index >= 15 is 0 Å². The Morgan fingerprint density at radius 3 is 2.50 bits per heavy atom. The van der Waals surface area contributed by atoms with Gasteiger partial charge in [0.25, 0.3) is 5.91 Å². The molecule has 0 unspecified atom stereocenters. The van der Waals surface area contributed by atoms with Gasteiger partial charge in [0.15, 0.2) is 6.61 Å². The standard InChI is InChI=1S/C18H18ClNO4/c1-3-23-18(22)13-7-9-14(10-8-13)24-11-17(21)20-16-6-4-5-15(19)12(16)2/h4-10H,3,11H2,1-2H3,(H,20,21). The molecule has 0 saturated heterocycles. The minimum absolute atomic E-state index is 0.148. The van der Waals surface area contributed by atoms with Gasteiger partial charge in [0.1, 0.15) is 5.75 Å². The van der Waals surface area contributed by atoms with Crippen LogP contribution in [0.4, 0.5) is 5.69 Å². The molecule has 0 heterocycles. The second-order valence-electron chi connectivity index (χ2n) is 4.99. The molecule has 0 fully saturated rings. The van der Waals surface area contributed by atoms with Gasteiger partial charge in [0.05, 0.1) is 12.2 Å². The highest BCUT2D eigenvalue weighted by atomic mass is 35.5. The number of hydrogen-bond donors (Lipinski definition) is 1. The van der Waals surface area contributed by atoms with Gasteiger partial charge in [0, 0.05) is 10.7 Å². The summed E-state index contributed by atoms with van der Waals surface area (Å²) in [5.74, 6) is -0.200. The molecule has 0 aliphatic carbocycles. The van der Waals surface area contributed by atoms with Gasteiger partial charge in [-0.2, -0.15) is 0 Å². The van der Waals surface area contributed by atoms with Crippen LogP contribution in [0.25, 0.3) is 0 Å². The van der Waals surface area contributed by atoms with Gasteiger partial charge in [-0.1, -0.05) is 17.7 Å². The highest BCUT2D eigenvalue weighted by molar-refractivity contribution is 6.31. The Hall–Kier alpha value is -2.53. The molecule has 0 atom stereocenters. The Balaban J connectivity index is 1.90. The molecular weight excluding hydrogens is 330 g/mol. The van der Waals surface area contributed by atoms with E-state index in [2.05, 4.69) is 5.32 Å². The van der Waals surface area contributed by atoms with Gasteiger partial charge < -0.3 is 14.8 Å². The van der Waals surface area contributed by atoms with E-state index in [9.17, 15) is 9.59 Å². The highest BCUT2D eigenvalue weighted by Gasteiger charge is 2.09. The first-order chi connectivity index (χ1) is 11.5. The van der Waals surface area contributed by atoms with Crippen molar-refractivity contribution in [2.24, 2.45) is 0 Å². The summed E-state index contributed by atoms with van der Waals surface area (Å²) < 4.78 is 10.3. The maximum Gasteiger partial charge on any atom is 0.338 e. The molecule has 2 aromatic carbocycles. The fourth-order valence-corrected chi connectivity index (χ4v) is 2.15. The van der Waals surface area contributed by atoms with Gasteiger partial charge in [0.2, 0.25) is 0 Å². The molecular formula is C18H18ClNO4. The molecule has 0 bridgehead atoms. The maximum absolute atomic E-state index is 12.0. The third-order valence-electron chi connectivity index (χ3n) is 3.28. The van der Waals surface area contributed by atoms with Crippen LogP contribution < -0.4 is 10.1 Å². The Morgan fingerprint density at radius 2 is 1.83 bits per heavy atom. The monoisotopic (exact) mass is 347 g/mol. The van der Waals surface area contributed by atoms with Crippen molar-refractivity contribution in [3.8, 4) is 5.75 Å². The molecule has 126 valence electrons. The Morgan fingerprint density at radius 1 is 1.12 bits per heavy atom. The van der Waals surface area contributed by atoms with E-state index in [4.69, 9.17) is 21.1 Å². The number of amides is 1. The van der Waals surface area contributed by atoms with Crippen LogP contribution in [0.15, 0.2) is 42.5 Å². The Labute approximate surface area is 145 Å². The first-order valence-electron chi connectivity index (χ1n) is 7.46. The second-order valence-corrected chi connectivity index (χ2v) is 5.40. The van der Waals surface area contributed by atoms with Gasteiger partial charge in [-0.05, 0) is 55.8 Å². The number of hydrogen-bond acceptors (Lipinski definition) is 4. The molecule has 24 heavy (non-hydrogen) atoms. The second kappa shape index (κ2) is 8.36. The summed E-state index contributed by atoms with van der Waals surface area (Å²) in [7, 11) is 0. The summed E-state index contributed by atoms with van der Waals surface area (Å²) in [5, 5.41) is 3.33. The SMILES string of the molecule is CCOC(=O)c1ccc(OCC(=O)Nc2cccc(Cl)c2C)cc1. The number of carbonyl (C=O) groups is 2. The van der Waals surface area contributed by atoms with Gasteiger partial charge >= 0.3 is 5.97 Å². The number of ether oxygens (including phenoxy) is 2. The Bertz CT molecular complexity index is 728. The first kappa shape index (κ1) is 17.8. The van der Waals surface area contributed by atoms with Gasteiger partial charge in [-0.3, -0.25) is 4.79 Å². The van der Waals surface area contributed by atoms with Crippen LogP contribution in [0.5, 0.6) is 5.75 Å². The van der Waals surface area contributed by atoms with Gasteiger partial charge in [-0.15, -0.1) is 0 Å². The van der Waals surface area contributed by atoms with Crippen LogP contribution in [0.2, 0.25) is 5.02 Å².